The van der Waals surface area contributed by atoms with Crippen LogP contribution in [-0.2, 0) is 34.4 Å². The third-order valence-corrected chi connectivity index (χ3v) is 15.1. The van der Waals surface area contributed by atoms with Crippen LogP contribution in [0, 0.1) is 0 Å². The van der Waals surface area contributed by atoms with Crippen molar-refractivity contribution in [2.45, 2.75) is 54.0 Å². The van der Waals surface area contributed by atoms with Crippen molar-refractivity contribution in [2.24, 2.45) is 0 Å². The van der Waals surface area contributed by atoms with E-state index in [-0.39, 0.29) is 11.5 Å². The molecule has 8 rings (SSSR count). The Hall–Kier alpha value is -2.60. The minimum Gasteiger partial charge on any atom is -0.359 e. The summed E-state index contributed by atoms with van der Waals surface area (Å²) in [7, 11) is -6.91. The Labute approximate surface area is 289 Å². The third kappa shape index (κ3) is 7.74. The first-order valence-electron chi connectivity index (χ1n) is 16.1. The van der Waals surface area contributed by atoms with E-state index in [1.165, 1.54) is 27.0 Å². The molecular formula is C33H40N4O7S4. The van der Waals surface area contributed by atoms with Crippen molar-refractivity contribution in [1.82, 2.24) is 19.2 Å². The van der Waals surface area contributed by atoms with Crippen LogP contribution in [0.25, 0.3) is 20.2 Å². The van der Waals surface area contributed by atoms with Gasteiger partial charge in [-0.3, -0.25) is 14.9 Å². The molecule has 4 aromatic rings. The van der Waals surface area contributed by atoms with Crippen molar-refractivity contribution in [3.05, 3.63) is 59.3 Å². The number of benzene rings is 2. The van der Waals surface area contributed by atoms with Gasteiger partial charge in [0.15, 0.2) is 0 Å². The molecule has 48 heavy (non-hydrogen) atoms. The van der Waals surface area contributed by atoms with Crippen LogP contribution in [0.4, 0.5) is 0 Å². The van der Waals surface area contributed by atoms with Gasteiger partial charge in [-0.15, -0.1) is 22.7 Å². The second-order valence-corrected chi connectivity index (χ2v) is 17.7. The van der Waals surface area contributed by atoms with Crippen LogP contribution in [-0.4, -0.2) is 95.2 Å². The molecule has 0 amide bonds. The first-order valence-corrected chi connectivity index (χ1v) is 20.8. The Morgan fingerprint density at radius 3 is 1.58 bits per heavy atom. The number of Topliss-reactive ketones (excluding diaryl/α,β-unsaturated/α-hetero) is 2. The van der Waals surface area contributed by atoms with Crippen LogP contribution in [0.5, 0.6) is 0 Å². The summed E-state index contributed by atoms with van der Waals surface area (Å²) in [6, 6.07) is 15.1. The fraction of sp³-hybridized carbons (Fsp3) is 0.455. The Kier molecular flexibility index (Phi) is 11.1. The second kappa shape index (κ2) is 15.1. The van der Waals surface area contributed by atoms with E-state index in [0.717, 1.165) is 52.6 Å². The number of sulfonamides is 2. The van der Waals surface area contributed by atoms with E-state index in [0.29, 0.717) is 74.0 Å². The minimum absolute atomic E-state index is 0.140. The van der Waals surface area contributed by atoms with Gasteiger partial charge in [-0.25, -0.2) is 16.8 Å². The smallest absolute Gasteiger partial charge is 0.244 e. The van der Waals surface area contributed by atoms with Crippen LogP contribution in [0.3, 0.4) is 0 Å². The largest absolute Gasteiger partial charge is 0.359 e. The molecule has 4 aliphatic rings. The van der Waals surface area contributed by atoms with E-state index in [2.05, 4.69) is 10.6 Å². The number of piperidine rings is 3. The van der Waals surface area contributed by atoms with E-state index in [1.807, 2.05) is 48.5 Å². The first-order chi connectivity index (χ1) is 23.1. The van der Waals surface area contributed by atoms with Crippen molar-refractivity contribution in [2.75, 3.05) is 52.4 Å². The van der Waals surface area contributed by atoms with Gasteiger partial charge in [-0.2, -0.15) is 8.61 Å². The van der Waals surface area contributed by atoms with Gasteiger partial charge in [0.05, 0.1) is 6.61 Å². The van der Waals surface area contributed by atoms with Crippen LogP contribution in [0.15, 0.2) is 69.1 Å². The van der Waals surface area contributed by atoms with Gasteiger partial charge in [0, 0.05) is 115 Å². The molecule has 1 spiro atoms. The Balaban J connectivity index is 0.000000141. The molecule has 0 atom stereocenters. The normalized spacial score (nSPS) is 20.8. The van der Waals surface area contributed by atoms with E-state index in [9.17, 15) is 26.4 Å². The maximum atomic E-state index is 12.9. The van der Waals surface area contributed by atoms with Crippen LogP contribution in [0.1, 0.15) is 38.5 Å². The van der Waals surface area contributed by atoms with Gasteiger partial charge in [0.1, 0.15) is 27.1 Å². The highest BCUT2D eigenvalue weighted by molar-refractivity contribution is 7.89. The molecule has 4 aliphatic heterocycles. The number of thiophene rings is 2. The summed E-state index contributed by atoms with van der Waals surface area (Å²) in [6.45, 7) is 4.93. The lowest BCUT2D eigenvalue weighted by Crippen LogP contribution is -2.52. The topological polar surface area (TPSA) is 142 Å². The summed E-state index contributed by atoms with van der Waals surface area (Å²) in [5.41, 5.74) is -0.303. The Morgan fingerprint density at radius 2 is 1.12 bits per heavy atom. The lowest BCUT2D eigenvalue weighted by molar-refractivity contribution is -0.121. The molecule has 2 N–H and O–H groups in total. The van der Waals surface area contributed by atoms with Crippen molar-refractivity contribution >= 4 is 74.5 Å². The average Bonchev–Trinajstić information content (AvgIpc) is 3.86. The van der Waals surface area contributed by atoms with E-state index in [4.69, 9.17) is 4.74 Å². The molecule has 6 heterocycles. The highest BCUT2D eigenvalue weighted by Gasteiger charge is 2.41. The lowest BCUT2D eigenvalue weighted by atomic mass is 10.0. The van der Waals surface area contributed by atoms with E-state index < -0.39 is 20.0 Å². The van der Waals surface area contributed by atoms with E-state index >= 15 is 0 Å². The third-order valence-electron chi connectivity index (χ3n) is 9.03. The standard InChI is InChI=1S/C15H18N2O3S2.C13H13NO3S2.C5H9NO/c18-22(19,14-11-21-13-4-2-1-3-12(13)14)17-8-5-15(6-9-17)16-7-10-20-15;15-10-5-7-14(8-6-10)19(16,17)13-9-18-12-4-2-1-3-11(12)13;7-5-1-3-6-4-2-5/h1-4,11,16H,5-10H2;1-4,9H,5-8H2;6H,1-4H2. The molecule has 0 aliphatic carbocycles. The molecule has 0 radical (unpaired) electrons. The number of carbonyl (C=O) groups excluding carboxylic acids is 2. The SMILES string of the molecule is O=C1CCN(S(=O)(=O)c2csc3ccccc23)CC1.O=C1CCNCC1.O=S(=O)(c1csc2ccccc12)N1CCC2(CC1)NCCO2. The van der Waals surface area contributed by atoms with Crippen LogP contribution < -0.4 is 10.6 Å². The van der Waals surface area contributed by atoms with Crippen molar-refractivity contribution in [3.8, 4) is 0 Å². The van der Waals surface area contributed by atoms with Crippen molar-refractivity contribution in [3.63, 3.8) is 0 Å². The maximum Gasteiger partial charge on any atom is 0.244 e. The zero-order valence-electron chi connectivity index (χ0n) is 26.6. The predicted octanol–water partition coefficient (Wildman–Crippen LogP) is 4.20. The number of ether oxygens (including phenoxy) is 1. The second-order valence-electron chi connectivity index (χ2n) is 12.1. The summed E-state index contributed by atoms with van der Waals surface area (Å²) in [6.07, 6.45) is 3.52. The van der Waals surface area contributed by atoms with Gasteiger partial charge >= 0.3 is 0 Å². The molecular weight excluding hydrogens is 693 g/mol. The molecule has 2 aromatic heterocycles. The fourth-order valence-electron chi connectivity index (χ4n) is 6.25. The fourth-order valence-corrected chi connectivity index (χ4v) is 12.1. The van der Waals surface area contributed by atoms with Gasteiger partial charge < -0.3 is 10.1 Å². The van der Waals surface area contributed by atoms with Gasteiger partial charge in [-0.05, 0) is 12.1 Å². The first kappa shape index (κ1) is 35.2. The zero-order valence-corrected chi connectivity index (χ0v) is 29.8. The van der Waals surface area contributed by atoms with Crippen molar-refractivity contribution in [1.29, 1.82) is 0 Å². The number of nitrogens with one attached hydrogen (secondary N) is 2. The number of carbonyl (C=O) groups is 2. The summed E-state index contributed by atoms with van der Waals surface area (Å²) in [5, 5.41) is 11.5. The molecule has 4 fully saturated rings. The van der Waals surface area contributed by atoms with Gasteiger partial charge in [-0.1, -0.05) is 36.4 Å². The summed E-state index contributed by atoms with van der Waals surface area (Å²) < 4.78 is 61.8. The molecule has 4 saturated heterocycles. The molecule has 0 unspecified atom stereocenters. The highest BCUT2D eigenvalue weighted by atomic mass is 32.2. The van der Waals surface area contributed by atoms with E-state index in [1.54, 1.807) is 15.1 Å². The maximum absolute atomic E-state index is 12.9. The monoisotopic (exact) mass is 732 g/mol. The van der Waals surface area contributed by atoms with Gasteiger partial charge in [0.25, 0.3) is 0 Å². The highest BCUT2D eigenvalue weighted by Crippen LogP contribution is 2.35. The minimum atomic E-state index is -3.48. The molecule has 0 bridgehead atoms. The summed E-state index contributed by atoms with van der Waals surface area (Å²) >= 11 is 2.91. The number of ketones is 2. The Morgan fingerprint density at radius 1 is 0.646 bits per heavy atom. The summed E-state index contributed by atoms with van der Waals surface area (Å²) in [5.74, 6) is 0.542. The number of hydrogen-bond acceptors (Lipinski definition) is 11. The van der Waals surface area contributed by atoms with Gasteiger partial charge in [0.2, 0.25) is 20.0 Å². The molecule has 11 nitrogen and oxygen atoms in total. The molecule has 15 heteroatoms. The molecule has 258 valence electrons. The predicted molar refractivity (Wildman–Crippen MR) is 188 cm³/mol. The van der Waals surface area contributed by atoms with Crippen LogP contribution in [0.2, 0.25) is 0 Å². The molecule has 2 aromatic carbocycles. The average molecular weight is 733 g/mol. The molecule has 0 saturated carbocycles. The number of fused-ring (bicyclic) bond motifs is 2. The number of hydrogen-bond donors (Lipinski definition) is 2. The Bertz CT molecular complexity index is 1960. The van der Waals surface area contributed by atoms with Crippen molar-refractivity contribution < 1.29 is 31.2 Å². The summed E-state index contributed by atoms with van der Waals surface area (Å²) in [4.78, 5) is 22.4. The number of rotatable bonds is 4. The lowest BCUT2D eigenvalue weighted by Gasteiger charge is -2.37. The number of nitrogens with zero attached hydrogens (tertiary/aromatic N) is 2. The quantitative estimate of drug-likeness (QED) is 0.316. The van der Waals surface area contributed by atoms with Crippen LogP contribution >= 0.6 is 22.7 Å². The zero-order chi connectivity index (χ0) is 33.8.